The third kappa shape index (κ3) is 4.93. The van der Waals surface area contributed by atoms with Crippen LogP contribution in [0.15, 0.2) is 24.4 Å². The first-order valence-electron chi connectivity index (χ1n) is 8.97. The van der Waals surface area contributed by atoms with E-state index in [-0.39, 0.29) is 5.91 Å². The molecule has 2 saturated heterocycles. The third-order valence-electron chi connectivity index (χ3n) is 5.07. The summed E-state index contributed by atoms with van der Waals surface area (Å²) in [4.78, 5) is 18.9. The molecular weight excluding hydrogens is 288 g/mol. The average Bonchev–Trinajstić information content (AvgIpc) is 2.62. The minimum Gasteiger partial charge on any atom is -0.356 e. The maximum atomic E-state index is 12.2. The smallest absolute Gasteiger partial charge is 0.220 e. The molecule has 1 aromatic rings. The summed E-state index contributed by atoms with van der Waals surface area (Å²) in [6, 6.07) is 6.35. The van der Waals surface area contributed by atoms with Crippen molar-refractivity contribution < 1.29 is 4.79 Å². The highest BCUT2D eigenvalue weighted by Crippen LogP contribution is 2.19. The van der Waals surface area contributed by atoms with Crippen LogP contribution in [0.4, 0.5) is 5.82 Å². The lowest BCUT2D eigenvalue weighted by Crippen LogP contribution is -2.45. The van der Waals surface area contributed by atoms with Gasteiger partial charge in [-0.15, -0.1) is 0 Å². The lowest BCUT2D eigenvalue weighted by Gasteiger charge is -2.33. The molecule has 126 valence electrons. The van der Waals surface area contributed by atoms with Gasteiger partial charge in [0, 0.05) is 31.7 Å². The highest BCUT2D eigenvalue weighted by atomic mass is 16.1. The van der Waals surface area contributed by atoms with Crippen LogP contribution in [-0.2, 0) is 4.79 Å². The van der Waals surface area contributed by atoms with E-state index >= 15 is 0 Å². The summed E-state index contributed by atoms with van der Waals surface area (Å²) < 4.78 is 0. The fraction of sp³-hybridized carbons (Fsp3) is 0.667. The van der Waals surface area contributed by atoms with Gasteiger partial charge in [-0.05, 0) is 63.2 Å². The molecular formula is C18H28N4O. The van der Waals surface area contributed by atoms with Gasteiger partial charge < -0.3 is 15.5 Å². The molecule has 0 spiro atoms. The van der Waals surface area contributed by atoms with E-state index in [4.69, 9.17) is 0 Å². The second-order valence-corrected chi connectivity index (χ2v) is 6.75. The second kappa shape index (κ2) is 8.29. The van der Waals surface area contributed by atoms with E-state index in [2.05, 4.69) is 26.6 Å². The van der Waals surface area contributed by atoms with Crippen LogP contribution >= 0.6 is 0 Å². The molecule has 1 aromatic heterocycles. The fourth-order valence-electron chi connectivity index (χ4n) is 3.60. The minimum absolute atomic E-state index is 0.236. The molecule has 1 amide bonds. The SMILES string of the molecule is O=C(CCC1CCNCC1)NC1CCN(c2ccccn2)CC1. The Morgan fingerprint density at radius 3 is 2.70 bits per heavy atom. The highest BCUT2D eigenvalue weighted by Gasteiger charge is 2.22. The zero-order chi connectivity index (χ0) is 15.9. The molecule has 0 aromatic carbocycles. The molecule has 0 radical (unpaired) electrons. The molecule has 3 rings (SSSR count). The first-order chi connectivity index (χ1) is 11.3. The number of hydrogen-bond acceptors (Lipinski definition) is 4. The van der Waals surface area contributed by atoms with Gasteiger partial charge in [-0.3, -0.25) is 4.79 Å². The molecule has 5 heteroatoms. The van der Waals surface area contributed by atoms with E-state index in [0.29, 0.717) is 12.5 Å². The standard InChI is InChI=1S/C18H28N4O/c23-18(5-4-15-6-11-19-12-7-15)21-16-8-13-22(14-9-16)17-3-1-2-10-20-17/h1-3,10,15-16,19H,4-9,11-14H2,(H,21,23). The van der Waals surface area contributed by atoms with E-state index in [9.17, 15) is 4.79 Å². The Morgan fingerprint density at radius 1 is 1.22 bits per heavy atom. The molecule has 2 fully saturated rings. The van der Waals surface area contributed by atoms with Crippen molar-refractivity contribution in [1.82, 2.24) is 15.6 Å². The van der Waals surface area contributed by atoms with Gasteiger partial charge in [0.2, 0.25) is 5.91 Å². The van der Waals surface area contributed by atoms with E-state index in [1.165, 1.54) is 12.8 Å². The zero-order valence-electron chi connectivity index (χ0n) is 13.8. The van der Waals surface area contributed by atoms with Gasteiger partial charge in [0.25, 0.3) is 0 Å². The first kappa shape index (κ1) is 16.2. The van der Waals surface area contributed by atoms with Gasteiger partial charge in [0.15, 0.2) is 0 Å². The Morgan fingerprint density at radius 2 is 2.00 bits per heavy atom. The topological polar surface area (TPSA) is 57.3 Å². The molecule has 5 nitrogen and oxygen atoms in total. The summed E-state index contributed by atoms with van der Waals surface area (Å²) in [5.41, 5.74) is 0. The van der Waals surface area contributed by atoms with Gasteiger partial charge in [-0.2, -0.15) is 0 Å². The molecule has 0 bridgehead atoms. The van der Waals surface area contributed by atoms with E-state index in [1.54, 1.807) is 0 Å². The Hall–Kier alpha value is -1.62. The van der Waals surface area contributed by atoms with Crippen molar-refractivity contribution in [3.05, 3.63) is 24.4 Å². The minimum atomic E-state index is 0.236. The number of carbonyl (C=O) groups excluding carboxylic acids is 1. The summed E-state index contributed by atoms with van der Waals surface area (Å²) >= 11 is 0. The summed E-state index contributed by atoms with van der Waals surface area (Å²) in [7, 11) is 0. The van der Waals surface area contributed by atoms with E-state index in [0.717, 1.165) is 57.2 Å². The number of piperidine rings is 2. The van der Waals surface area contributed by atoms with Crippen molar-refractivity contribution in [3.8, 4) is 0 Å². The van der Waals surface area contributed by atoms with Gasteiger partial charge in [0.1, 0.15) is 5.82 Å². The van der Waals surface area contributed by atoms with Gasteiger partial charge in [-0.25, -0.2) is 4.98 Å². The van der Waals surface area contributed by atoms with Crippen LogP contribution in [0.1, 0.15) is 38.5 Å². The number of carbonyl (C=O) groups is 1. The van der Waals surface area contributed by atoms with Crippen LogP contribution in [0.5, 0.6) is 0 Å². The Labute approximate surface area is 138 Å². The Balaban J connectivity index is 1.36. The zero-order valence-corrected chi connectivity index (χ0v) is 13.8. The first-order valence-corrected chi connectivity index (χ1v) is 8.97. The van der Waals surface area contributed by atoms with Crippen LogP contribution in [0.2, 0.25) is 0 Å². The third-order valence-corrected chi connectivity index (χ3v) is 5.07. The molecule has 0 aliphatic carbocycles. The maximum Gasteiger partial charge on any atom is 0.220 e. The number of pyridine rings is 1. The van der Waals surface area contributed by atoms with Gasteiger partial charge in [0.05, 0.1) is 0 Å². The maximum absolute atomic E-state index is 12.2. The number of nitrogens with zero attached hydrogens (tertiary/aromatic N) is 2. The average molecular weight is 316 g/mol. The van der Waals surface area contributed by atoms with Crippen molar-refractivity contribution in [2.75, 3.05) is 31.1 Å². The lowest BCUT2D eigenvalue weighted by atomic mass is 9.93. The number of hydrogen-bond donors (Lipinski definition) is 2. The Kier molecular flexibility index (Phi) is 5.86. The van der Waals surface area contributed by atoms with Gasteiger partial charge >= 0.3 is 0 Å². The van der Waals surface area contributed by atoms with E-state index in [1.807, 2.05) is 18.3 Å². The quantitative estimate of drug-likeness (QED) is 0.872. The van der Waals surface area contributed by atoms with Crippen LogP contribution < -0.4 is 15.5 Å². The van der Waals surface area contributed by atoms with Crippen LogP contribution in [0.25, 0.3) is 0 Å². The predicted octanol–water partition coefficient (Wildman–Crippen LogP) is 1.95. The molecule has 3 heterocycles. The number of amides is 1. The monoisotopic (exact) mass is 316 g/mol. The lowest BCUT2D eigenvalue weighted by molar-refractivity contribution is -0.122. The summed E-state index contributed by atoms with van der Waals surface area (Å²) in [6.45, 7) is 4.16. The second-order valence-electron chi connectivity index (χ2n) is 6.75. The molecule has 23 heavy (non-hydrogen) atoms. The molecule has 0 saturated carbocycles. The number of rotatable bonds is 5. The summed E-state index contributed by atoms with van der Waals surface area (Å²) in [5, 5.41) is 6.60. The van der Waals surface area contributed by atoms with E-state index < -0.39 is 0 Å². The van der Waals surface area contributed by atoms with Crippen molar-refractivity contribution in [2.45, 2.75) is 44.6 Å². The summed E-state index contributed by atoms with van der Waals surface area (Å²) in [6.07, 6.45) is 8.02. The number of anilines is 1. The van der Waals surface area contributed by atoms with Crippen molar-refractivity contribution in [2.24, 2.45) is 5.92 Å². The fourth-order valence-corrected chi connectivity index (χ4v) is 3.60. The Bertz CT molecular complexity index is 479. The van der Waals surface area contributed by atoms with Crippen molar-refractivity contribution >= 4 is 11.7 Å². The highest BCUT2D eigenvalue weighted by molar-refractivity contribution is 5.76. The molecule has 2 N–H and O–H groups in total. The van der Waals surface area contributed by atoms with Crippen LogP contribution in [-0.4, -0.2) is 43.1 Å². The number of aromatic nitrogens is 1. The predicted molar refractivity (Wildman–Crippen MR) is 92.4 cm³/mol. The van der Waals surface area contributed by atoms with Gasteiger partial charge in [-0.1, -0.05) is 6.07 Å². The van der Waals surface area contributed by atoms with Crippen LogP contribution in [0.3, 0.4) is 0 Å². The molecule has 0 atom stereocenters. The number of nitrogens with one attached hydrogen (secondary N) is 2. The summed E-state index contributed by atoms with van der Waals surface area (Å²) in [5.74, 6) is 2.01. The molecule has 2 aliphatic heterocycles. The normalized spacial score (nSPS) is 20.4. The largest absolute Gasteiger partial charge is 0.356 e. The molecule has 2 aliphatic rings. The molecule has 0 unspecified atom stereocenters. The van der Waals surface area contributed by atoms with Crippen molar-refractivity contribution in [3.63, 3.8) is 0 Å². The van der Waals surface area contributed by atoms with Crippen molar-refractivity contribution in [1.29, 1.82) is 0 Å². The van der Waals surface area contributed by atoms with Crippen LogP contribution in [0, 0.1) is 5.92 Å².